The van der Waals surface area contributed by atoms with Gasteiger partial charge in [0, 0.05) is 12.6 Å². The lowest BCUT2D eigenvalue weighted by Crippen LogP contribution is -2.49. The third-order valence-electron chi connectivity index (χ3n) is 8.55. The number of carbonyl (C=O) groups is 3. The monoisotopic (exact) mass is 686 g/mol. The Balaban J connectivity index is 1.42. The fourth-order valence-electron chi connectivity index (χ4n) is 6.41. The summed E-state index contributed by atoms with van der Waals surface area (Å²) in [5, 5.41) is 12.4. The van der Waals surface area contributed by atoms with Crippen molar-refractivity contribution < 1.29 is 24.2 Å². The molecule has 1 amide bonds. The molecule has 4 aromatic carbocycles. The molecule has 0 saturated carbocycles. The van der Waals surface area contributed by atoms with E-state index in [0.717, 1.165) is 28.7 Å². The summed E-state index contributed by atoms with van der Waals surface area (Å²) in [5.74, 6) is -2.10. The van der Waals surface area contributed by atoms with Crippen LogP contribution in [0.25, 0.3) is 0 Å². The Morgan fingerprint density at radius 3 is 1.78 bits per heavy atom. The molecule has 0 spiro atoms. The van der Waals surface area contributed by atoms with Crippen molar-refractivity contribution in [2.75, 3.05) is 19.6 Å². The van der Waals surface area contributed by atoms with Crippen molar-refractivity contribution in [1.29, 1.82) is 0 Å². The van der Waals surface area contributed by atoms with Crippen LogP contribution >= 0.6 is 0 Å². The molecule has 0 radical (unpaired) electrons. The predicted molar refractivity (Wildman–Crippen MR) is 197 cm³/mol. The molecule has 9 heteroatoms. The lowest BCUT2D eigenvalue weighted by molar-refractivity contribution is -0.158. The first-order valence-corrected chi connectivity index (χ1v) is 17.2. The highest BCUT2D eigenvalue weighted by Crippen LogP contribution is 2.40. The SMILES string of the molecule is CC(C)(C)OC(=O)C(Cc1cn(C(c2ccccc2)(c2ccccc2)c2ccccc2)cn1)NC(=O)CN(CCCc1ccccc1)CC(=O)O. The van der Waals surface area contributed by atoms with E-state index in [2.05, 4.69) is 46.3 Å². The molecular weight excluding hydrogens is 640 g/mol. The van der Waals surface area contributed by atoms with Crippen molar-refractivity contribution in [2.45, 2.75) is 57.2 Å². The van der Waals surface area contributed by atoms with E-state index in [1.54, 1.807) is 32.0 Å². The minimum Gasteiger partial charge on any atom is -0.480 e. The Kier molecular flexibility index (Phi) is 12.2. The van der Waals surface area contributed by atoms with Gasteiger partial charge in [-0.3, -0.25) is 14.5 Å². The Bertz CT molecular complexity index is 1760. The van der Waals surface area contributed by atoms with Gasteiger partial charge in [0.2, 0.25) is 5.91 Å². The number of carbonyl (C=O) groups excluding carboxylic acids is 2. The summed E-state index contributed by atoms with van der Waals surface area (Å²) in [5.41, 5.74) is 3.19. The molecule has 51 heavy (non-hydrogen) atoms. The van der Waals surface area contributed by atoms with Crippen LogP contribution in [0.2, 0.25) is 0 Å². The standard InChI is InChI=1S/C42H46N4O5/c1-41(2,3)51-40(50)37(44-38(47)29-45(30-39(48)49)26-16-19-32-17-8-4-9-18-32)27-36-28-46(31-43-36)42(33-20-10-5-11-21-33,34-22-12-6-13-23-34)35-24-14-7-15-25-35/h4-15,17-18,20-25,28,31,37H,16,19,26-27,29-30H2,1-3H3,(H,44,47)(H,48,49). The van der Waals surface area contributed by atoms with Crippen LogP contribution in [0, 0.1) is 0 Å². The van der Waals surface area contributed by atoms with Crippen molar-refractivity contribution in [2.24, 2.45) is 0 Å². The maximum absolute atomic E-state index is 13.6. The van der Waals surface area contributed by atoms with Crippen LogP contribution in [-0.4, -0.2) is 68.7 Å². The van der Waals surface area contributed by atoms with Gasteiger partial charge in [-0.05, 0) is 62.4 Å². The van der Waals surface area contributed by atoms with E-state index in [9.17, 15) is 19.5 Å². The highest BCUT2D eigenvalue weighted by atomic mass is 16.6. The number of ether oxygens (including phenoxy) is 1. The molecule has 264 valence electrons. The topological polar surface area (TPSA) is 114 Å². The van der Waals surface area contributed by atoms with E-state index in [-0.39, 0.29) is 19.5 Å². The molecule has 5 rings (SSSR count). The van der Waals surface area contributed by atoms with Gasteiger partial charge in [-0.25, -0.2) is 9.78 Å². The molecule has 1 atom stereocenters. The third-order valence-corrected chi connectivity index (χ3v) is 8.55. The number of hydrogen-bond acceptors (Lipinski definition) is 6. The zero-order chi connectivity index (χ0) is 36.3. The van der Waals surface area contributed by atoms with Gasteiger partial charge >= 0.3 is 11.9 Å². The van der Waals surface area contributed by atoms with Gasteiger partial charge in [0.25, 0.3) is 0 Å². The van der Waals surface area contributed by atoms with E-state index >= 15 is 0 Å². The number of nitrogens with zero attached hydrogens (tertiary/aromatic N) is 3. The number of benzene rings is 4. The van der Waals surface area contributed by atoms with Gasteiger partial charge in [0.15, 0.2) is 0 Å². The Hall–Kier alpha value is -5.54. The van der Waals surface area contributed by atoms with Gasteiger partial charge in [-0.1, -0.05) is 121 Å². The quantitative estimate of drug-likeness (QED) is 0.0951. The maximum atomic E-state index is 13.6. The minimum atomic E-state index is -1.06. The van der Waals surface area contributed by atoms with Gasteiger partial charge < -0.3 is 19.7 Å². The number of carboxylic acids is 1. The number of aliphatic carboxylic acids is 1. The van der Waals surface area contributed by atoms with E-state index in [0.29, 0.717) is 18.7 Å². The zero-order valence-electron chi connectivity index (χ0n) is 29.4. The molecule has 0 aliphatic rings. The number of imidazole rings is 1. The summed E-state index contributed by atoms with van der Waals surface area (Å²) in [6.45, 7) is 5.23. The number of aryl methyl sites for hydroxylation is 1. The number of esters is 1. The molecule has 0 bridgehead atoms. The van der Waals surface area contributed by atoms with Crippen LogP contribution in [0.5, 0.6) is 0 Å². The van der Waals surface area contributed by atoms with E-state index in [1.165, 1.54) is 0 Å². The van der Waals surface area contributed by atoms with Crippen molar-refractivity contribution in [3.05, 3.63) is 162 Å². The van der Waals surface area contributed by atoms with Crippen molar-refractivity contribution in [3.8, 4) is 0 Å². The average Bonchev–Trinajstić information content (AvgIpc) is 3.58. The summed E-state index contributed by atoms with van der Waals surface area (Å²) in [7, 11) is 0. The predicted octanol–water partition coefficient (Wildman–Crippen LogP) is 6.11. The summed E-state index contributed by atoms with van der Waals surface area (Å²) in [6.07, 6.45) is 5.16. The number of hydrogen-bond donors (Lipinski definition) is 2. The maximum Gasteiger partial charge on any atom is 0.329 e. The molecule has 1 heterocycles. The third kappa shape index (κ3) is 9.80. The molecule has 2 N–H and O–H groups in total. The summed E-state index contributed by atoms with van der Waals surface area (Å²) < 4.78 is 7.80. The Morgan fingerprint density at radius 2 is 1.29 bits per heavy atom. The first-order valence-electron chi connectivity index (χ1n) is 17.2. The van der Waals surface area contributed by atoms with Crippen molar-refractivity contribution >= 4 is 17.8 Å². The molecule has 1 unspecified atom stereocenters. The van der Waals surface area contributed by atoms with Crippen LogP contribution in [0.4, 0.5) is 0 Å². The highest BCUT2D eigenvalue weighted by molar-refractivity contribution is 5.86. The van der Waals surface area contributed by atoms with Gasteiger partial charge in [-0.2, -0.15) is 0 Å². The minimum absolute atomic E-state index is 0.0645. The average molecular weight is 687 g/mol. The number of carboxylic acid groups (broad SMARTS) is 1. The Labute approximate surface area is 299 Å². The van der Waals surface area contributed by atoms with Gasteiger partial charge in [0.1, 0.15) is 17.2 Å². The number of aromatic nitrogens is 2. The smallest absolute Gasteiger partial charge is 0.329 e. The second kappa shape index (κ2) is 16.9. The lowest BCUT2D eigenvalue weighted by atomic mass is 9.77. The van der Waals surface area contributed by atoms with Crippen molar-refractivity contribution in [3.63, 3.8) is 0 Å². The molecule has 0 fully saturated rings. The van der Waals surface area contributed by atoms with E-state index in [1.807, 2.05) is 91.1 Å². The molecule has 1 aromatic heterocycles. The van der Waals surface area contributed by atoms with E-state index < -0.39 is 35.0 Å². The molecular formula is C42H46N4O5. The number of rotatable bonds is 16. The second-order valence-electron chi connectivity index (χ2n) is 13.6. The fraction of sp³-hybridized carbons (Fsp3) is 0.286. The molecule has 5 aromatic rings. The fourth-order valence-corrected chi connectivity index (χ4v) is 6.41. The number of nitrogens with one attached hydrogen (secondary N) is 1. The van der Waals surface area contributed by atoms with Crippen LogP contribution < -0.4 is 5.32 Å². The van der Waals surface area contributed by atoms with E-state index in [4.69, 9.17) is 9.72 Å². The molecule has 0 saturated heterocycles. The summed E-state index contributed by atoms with van der Waals surface area (Å²) >= 11 is 0. The van der Waals surface area contributed by atoms with Gasteiger partial charge in [0.05, 0.1) is 25.1 Å². The normalized spacial score (nSPS) is 12.3. The number of amides is 1. The summed E-state index contributed by atoms with van der Waals surface area (Å²) in [4.78, 5) is 45.1. The van der Waals surface area contributed by atoms with Crippen LogP contribution in [-0.2, 0) is 37.5 Å². The molecule has 0 aliphatic heterocycles. The molecule has 9 nitrogen and oxygen atoms in total. The molecule has 0 aliphatic carbocycles. The second-order valence-corrected chi connectivity index (χ2v) is 13.6. The summed E-state index contributed by atoms with van der Waals surface area (Å²) in [6, 6.07) is 39.4. The van der Waals surface area contributed by atoms with Crippen LogP contribution in [0.3, 0.4) is 0 Å². The van der Waals surface area contributed by atoms with Crippen LogP contribution in [0.1, 0.15) is 55.1 Å². The largest absolute Gasteiger partial charge is 0.480 e. The highest BCUT2D eigenvalue weighted by Gasteiger charge is 2.39. The zero-order valence-corrected chi connectivity index (χ0v) is 29.4. The van der Waals surface area contributed by atoms with Crippen LogP contribution in [0.15, 0.2) is 134 Å². The first-order chi connectivity index (χ1) is 24.5. The van der Waals surface area contributed by atoms with Gasteiger partial charge in [-0.15, -0.1) is 0 Å². The first kappa shape index (κ1) is 36.7. The lowest BCUT2D eigenvalue weighted by Gasteiger charge is -2.37. The van der Waals surface area contributed by atoms with Crippen molar-refractivity contribution in [1.82, 2.24) is 19.8 Å². The Morgan fingerprint density at radius 1 is 0.784 bits per heavy atom.